The number of H-pyrrole nitrogens is 1. The Balaban J connectivity index is 0.000000419. The Morgan fingerprint density at radius 2 is 1.24 bits per heavy atom. The molecular formula is C15H29NS. The van der Waals surface area contributed by atoms with E-state index < -0.39 is 0 Å². The van der Waals surface area contributed by atoms with Gasteiger partial charge in [0.1, 0.15) is 0 Å². The SMILES string of the molecule is CCCCCCCCCCCS.c1cc[nH]c1. The maximum Gasteiger partial charge on any atom is 0.000496 e. The molecule has 1 heterocycles. The maximum absolute atomic E-state index is 4.19. The molecule has 0 radical (unpaired) electrons. The van der Waals surface area contributed by atoms with Crippen molar-refractivity contribution in [3.05, 3.63) is 24.5 Å². The van der Waals surface area contributed by atoms with E-state index >= 15 is 0 Å². The normalized spacial score (nSPS) is 9.76. The van der Waals surface area contributed by atoms with Crippen LogP contribution in [0, 0.1) is 0 Å². The molecule has 0 amide bonds. The zero-order chi connectivity index (χ0) is 12.6. The first-order valence-electron chi connectivity index (χ1n) is 7.10. The van der Waals surface area contributed by atoms with E-state index in [4.69, 9.17) is 0 Å². The Bertz CT molecular complexity index is 169. The summed E-state index contributed by atoms with van der Waals surface area (Å²) in [6.07, 6.45) is 16.4. The van der Waals surface area contributed by atoms with Crippen molar-refractivity contribution in [1.82, 2.24) is 4.98 Å². The molecule has 1 rings (SSSR count). The topological polar surface area (TPSA) is 15.8 Å². The molecule has 2 heteroatoms. The number of rotatable bonds is 9. The first-order valence-corrected chi connectivity index (χ1v) is 7.73. The smallest absolute Gasteiger partial charge is 0.000496 e. The second-order valence-electron chi connectivity index (χ2n) is 4.44. The van der Waals surface area contributed by atoms with Gasteiger partial charge in [-0.25, -0.2) is 0 Å². The minimum absolute atomic E-state index is 1.07. The summed E-state index contributed by atoms with van der Waals surface area (Å²) in [6.45, 7) is 2.27. The van der Waals surface area contributed by atoms with E-state index in [0.717, 1.165) is 5.75 Å². The third-order valence-corrected chi connectivity index (χ3v) is 3.07. The lowest BCUT2D eigenvalue weighted by atomic mass is 10.1. The van der Waals surface area contributed by atoms with Crippen LogP contribution < -0.4 is 0 Å². The molecule has 0 aliphatic heterocycles. The van der Waals surface area contributed by atoms with Gasteiger partial charge in [-0.2, -0.15) is 12.6 Å². The zero-order valence-electron chi connectivity index (χ0n) is 11.3. The monoisotopic (exact) mass is 255 g/mol. The van der Waals surface area contributed by atoms with Crippen LogP contribution in [0.15, 0.2) is 24.5 Å². The van der Waals surface area contributed by atoms with E-state index in [9.17, 15) is 0 Å². The van der Waals surface area contributed by atoms with Gasteiger partial charge < -0.3 is 4.98 Å². The summed E-state index contributed by atoms with van der Waals surface area (Å²) in [4.78, 5) is 2.86. The first-order chi connectivity index (χ1) is 8.41. The van der Waals surface area contributed by atoms with E-state index in [1.807, 2.05) is 24.5 Å². The van der Waals surface area contributed by atoms with Crippen LogP contribution in [0.4, 0.5) is 0 Å². The van der Waals surface area contributed by atoms with Crippen LogP contribution in [0.2, 0.25) is 0 Å². The number of hydrogen-bond acceptors (Lipinski definition) is 1. The molecule has 1 N–H and O–H groups in total. The van der Waals surface area contributed by atoms with Gasteiger partial charge in [-0.05, 0) is 24.3 Å². The minimum atomic E-state index is 1.07. The number of aromatic amines is 1. The van der Waals surface area contributed by atoms with Gasteiger partial charge in [0.25, 0.3) is 0 Å². The van der Waals surface area contributed by atoms with E-state index in [2.05, 4.69) is 24.5 Å². The largest absolute Gasteiger partial charge is 0.368 e. The zero-order valence-corrected chi connectivity index (χ0v) is 12.2. The molecule has 0 unspecified atom stereocenters. The average molecular weight is 255 g/mol. The summed E-state index contributed by atoms with van der Waals surface area (Å²) >= 11 is 4.19. The Morgan fingerprint density at radius 1 is 0.765 bits per heavy atom. The Kier molecular flexibility index (Phi) is 15.3. The predicted octanol–water partition coefficient (Wildman–Crippen LogP) is 5.46. The summed E-state index contributed by atoms with van der Waals surface area (Å²) in [6, 6.07) is 3.89. The molecule has 0 saturated heterocycles. The lowest BCUT2D eigenvalue weighted by molar-refractivity contribution is 0.573. The summed E-state index contributed by atoms with van der Waals surface area (Å²) in [5, 5.41) is 0. The van der Waals surface area contributed by atoms with Crippen LogP contribution in [-0.4, -0.2) is 10.7 Å². The molecule has 1 nitrogen and oxygen atoms in total. The number of unbranched alkanes of at least 4 members (excludes halogenated alkanes) is 8. The lowest BCUT2D eigenvalue weighted by Crippen LogP contribution is -1.81. The Labute approximate surface area is 113 Å². The lowest BCUT2D eigenvalue weighted by Gasteiger charge is -1.99. The predicted molar refractivity (Wildman–Crippen MR) is 81.9 cm³/mol. The van der Waals surface area contributed by atoms with Gasteiger partial charge in [0.2, 0.25) is 0 Å². The highest BCUT2D eigenvalue weighted by atomic mass is 32.1. The number of thiol groups is 1. The number of aromatic nitrogens is 1. The standard InChI is InChI=1S/C11H24S.C4H5N/c1-2-3-4-5-6-7-8-9-10-11-12;1-2-4-5-3-1/h12H,2-11H2,1H3;1-5H. The highest BCUT2D eigenvalue weighted by Gasteiger charge is 1.90. The quantitative estimate of drug-likeness (QED) is 0.430. The van der Waals surface area contributed by atoms with Crippen LogP contribution in [0.25, 0.3) is 0 Å². The molecule has 100 valence electrons. The second kappa shape index (κ2) is 15.6. The highest BCUT2D eigenvalue weighted by Crippen LogP contribution is 2.09. The molecule has 0 aromatic carbocycles. The van der Waals surface area contributed by atoms with Crippen molar-refractivity contribution < 1.29 is 0 Å². The average Bonchev–Trinajstić information content (AvgIpc) is 2.92. The van der Waals surface area contributed by atoms with Crippen LogP contribution >= 0.6 is 12.6 Å². The minimum Gasteiger partial charge on any atom is -0.368 e. The molecular weight excluding hydrogens is 226 g/mol. The van der Waals surface area contributed by atoms with Crippen molar-refractivity contribution in [2.24, 2.45) is 0 Å². The van der Waals surface area contributed by atoms with Crippen molar-refractivity contribution in [1.29, 1.82) is 0 Å². The summed E-state index contributed by atoms with van der Waals surface area (Å²) in [5.74, 6) is 1.07. The molecule has 0 saturated carbocycles. The summed E-state index contributed by atoms with van der Waals surface area (Å²) in [5.41, 5.74) is 0. The molecule has 1 aromatic heterocycles. The van der Waals surface area contributed by atoms with Crippen molar-refractivity contribution in [2.45, 2.75) is 64.7 Å². The van der Waals surface area contributed by atoms with Crippen LogP contribution in [-0.2, 0) is 0 Å². The van der Waals surface area contributed by atoms with Gasteiger partial charge >= 0.3 is 0 Å². The van der Waals surface area contributed by atoms with Crippen LogP contribution in [0.3, 0.4) is 0 Å². The van der Waals surface area contributed by atoms with Crippen molar-refractivity contribution in [3.63, 3.8) is 0 Å². The van der Waals surface area contributed by atoms with Gasteiger partial charge in [0, 0.05) is 12.4 Å². The van der Waals surface area contributed by atoms with Gasteiger partial charge in [0.05, 0.1) is 0 Å². The third kappa shape index (κ3) is 15.6. The second-order valence-corrected chi connectivity index (χ2v) is 4.88. The van der Waals surface area contributed by atoms with Gasteiger partial charge in [0.15, 0.2) is 0 Å². The molecule has 0 bridgehead atoms. The third-order valence-electron chi connectivity index (χ3n) is 2.76. The number of hydrogen-bond donors (Lipinski definition) is 2. The van der Waals surface area contributed by atoms with E-state index in [-0.39, 0.29) is 0 Å². The fourth-order valence-electron chi connectivity index (χ4n) is 1.70. The summed E-state index contributed by atoms with van der Waals surface area (Å²) in [7, 11) is 0. The van der Waals surface area contributed by atoms with Gasteiger partial charge in [-0.3, -0.25) is 0 Å². The maximum atomic E-state index is 4.19. The van der Waals surface area contributed by atoms with Crippen molar-refractivity contribution >= 4 is 12.6 Å². The fourth-order valence-corrected chi connectivity index (χ4v) is 1.92. The van der Waals surface area contributed by atoms with E-state index in [1.54, 1.807) is 0 Å². The highest BCUT2D eigenvalue weighted by molar-refractivity contribution is 7.80. The van der Waals surface area contributed by atoms with E-state index in [1.165, 1.54) is 57.8 Å². The molecule has 17 heavy (non-hydrogen) atoms. The fraction of sp³-hybridized carbons (Fsp3) is 0.733. The Hall–Kier alpha value is -0.370. The van der Waals surface area contributed by atoms with E-state index in [0.29, 0.717) is 0 Å². The molecule has 0 atom stereocenters. The van der Waals surface area contributed by atoms with Gasteiger partial charge in [-0.1, -0.05) is 58.3 Å². The molecule has 0 aliphatic carbocycles. The van der Waals surface area contributed by atoms with Gasteiger partial charge in [-0.15, -0.1) is 0 Å². The van der Waals surface area contributed by atoms with Crippen molar-refractivity contribution in [2.75, 3.05) is 5.75 Å². The van der Waals surface area contributed by atoms with Crippen molar-refractivity contribution in [3.8, 4) is 0 Å². The molecule has 1 aromatic rings. The first kappa shape index (κ1) is 16.6. The molecule has 0 spiro atoms. The molecule has 0 fully saturated rings. The number of nitrogens with one attached hydrogen (secondary N) is 1. The van der Waals surface area contributed by atoms with Crippen LogP contribution in [0.1, 0.15) is 64.7 Å². The Morgan fingerprint density at radius 3 is 1.59 bits per heavy atom. The van der Waals surface area contributed by atoms with Crippen LogP contribution in [0.5, 0.6) is 0 Å². The molecule has 0 aliphatic rings. The summed E-state index contributed by atoms with van der Waals surface area (Å²) < 4.78 is 0.